The number of amides is 2. The van der Waals surface area contributed by atoms with Gasteiger partial charge in [0.05, 0.1) is 12.8 Å². The number of methoxy groups -OCH3 is 1. The normalized spacial score (nSPS) is 12.4. The summed E-state index contributed by atoms with van der Waals surface area (Å²) in [5, 5.41) is 5.21. The third-order valence-corrected chi connectivity index (χ3v) is 3.50. The third-order valence-electron chi connectivity index (χ3n) is 2.85. The lowest BCUT2D eigenvalue weighted by Crippen LogP contribution is -2.47. The number of nitrogens with zero attached hydrogens (tertiary/aromatic N) is 1. The zero-order valence-corrected chi connectivity index (χ0v) is 14.8. The first-order valence-electron chi connectivity index (χ1n) is 7.05. The molecule has 0 spiro atoms. The Morgan fingerprint density at radius 3 is 2.43 bits per heavy atom. The van der Waals surface area contributed by atoms with Crippen LogP contribution in [0, 0.1) is 5.92 Å². The lowest BCUT2D eigenvalue weighted by atomic mass is 10.0. The van der Waals surface area contributed by atoms with Gasteiger partial charge in [0.2, 0.25) is 5.91 Å². The fraction of sp³-hybridized carbons (Fsp3) is 0.467. The van der Waals surface area contributed by atoms with Crippen molar-refractivity contribution in [1.82, 2.24) is 5.32 Å². The maximum atomic E-state index is 12.3. The van der Waals surface area contributed by atoms with E-state index in [1.54, 1.807) is 24.3 Å². The van der Waals surface area contributed by atoms with Crippen molar-refractivity contribution in [3.63, 3.8) is 0 Å². The summed E-state index contributed by atoms with van der Waals surface area (Å²) >= 11 is 0. The summed E-state index contributed by atoms with van der Waals surface area (Å²) in [6.45, 7) is 3.63. The fourth-order valence-corrected chi connectivity index (χ4v) is 2.46. The van der Waals surface area contributed by atoms with Gasteiger partial charge in [0.25, 0.3) is 0 Å². The quantitative estimate of drug-likeness (QED) is 0.859. The number of hydrogen-bond donors (Lipinski definition) is 2. The number of ether oxygens (including phenoxy) is 1. The molecule has 1 atom stereocenters. The van der Waals surface area contributed by atoms with E-state index in [4.69, 9.17) is 0 Å². The van der Waals surface area contributed by atoms with Crippen LogP contribution in [0.3, 0.4) is 0 Å². The zero-order valence-electron chi connectivity index (χ0n) is 14.0. The molecule has 0 radical (unpaired) electrons. The Morgan fingerprint density at radius 2 is 1.91 bits per heavy atom. The molecule has 2 N–H and O–H groups in total. The minimum atomic E-state index is -2.28. The van der Waals surface area contributed by atoms with E-state index >= 15 is 0 Å². The van der Waals surface area contributed by atoms with Gasteiger partial charge in [-0.2, -0.15) is 4.36 Å². The molecule has 0 saturated carbocycles. The van der Waals surface area contributed by atoms with Crippen LogP contribution in [-0.2, 0) is 19.3 Å². The summed E-state index contributed by atoms with van der Waals surface area (Å²) in [7, 11) is -1.04. The van der Waals surface area contributed by atoms with E-state index < -0.39 is 21.9 Å². The average Bonchev–Trinajstić information content (AvgIpc) is 2.42. The van der Waals surface area contributed by atoms with E-state index in [1.165, 1.54) is 19.6 Å². The molecule has 1 aromatic rings. The second-order valence-corrected chi connectivity index (χ2v) is 8.21. The van der Waals surface area contributed by atoms with Gasteiger partial charge in [0, 0.05) is 27.9 Å². The molecule has 7 nitrogen and oxygen atoms in total. The topological polar surface area (TPSA) is 96.9 Å². The van der Waals surface area contributed by atoms with Crippen LogP contribution in [0.4, 0.5) is 16.2 Å². The summed E-state index contributed by atoms with van der Waals surface area (Å²) in [6.07, 6.45) is 2.40. The van der Waals surface area contributed by atoms with Crippen LogP contribution in [0.25, 0.3) is 0 Å². The first-order valence-corrected chi connectivity index (χ1v) is 9.38. The number of carbonyl (C=O) groups excluding carboxylic acids is 2. The second kappa shape index (κ2) is 7.96. The molecule has 2 amide bonds. The summed E-state index contributed by atoms with van der Waals surface area (Å²) in [5.74, 6) is -0.483. The molecule has 0 saturated heterocycles. The Morgan fingerprint density at radius 1 is 1.26 bits per heavy atom. The van der Waals surface area contributed by atoms with Gasteiger partial charge in [0.15, 0.2) is 0 Å². The zero-order chi connectivity index (χ0) is 17.6. The van der Waals surface area contributed by atoms with Crippen LogP contribution < -0.4 is 10.6 Å². The number of hydrogen-bond acceptors (Lipinski definition) is 5. The number of anilines is 1. The van der Waals surface area contributed by atoms with Gasteiger partial charge >= 0.3 is 6.09 Å². The van der Waals surface area contributed by atoms with Crippen LogP contribution in [0.5, 0.6) is 0 Å². The van der Waals surface area contributed by atoms with Gasteiger partial charge in [-0.1, -0.05) is 19.9 Å². The van der Waals surface area contributed by atoms with Crippen molar-refractivity contribution in [2.75, 3.05) is 24.9 Å². The SMILES string of the molecule is COC(=O)N[C@H](C(=O)Nc1cccc(N=S(C)(C)=O)c1)C(C)C. The Hall–Kier alpha value is -2.09. The maximum absolute atomic E-state index is 12.3. The Kier molecular flexibility index (Phi) is 6.56. The fourth-order valence-electron chi connectivity index (χ4n) is 1.84. The molecule has 0 aromatic heterocycles. The molecule has 0 unspecified atom stereocenters. The first-order chi connectivity index (χ1) is 10.6. The number of carbonyl (C=O) groups is 2. The molecule has 1 aromatic carbocycles. The van der Waals surface area contributed by atoms with Crippen LogP contribution in [0.2, 0.25) is 0 Å². The highest BCUT2D eigenvalue weighted by molar-refractivity contribution is 7.92. The van der Waals surface area contributed by atoms with Crippen LogP contribution in [0.1, 0.15) is 13.8 Å². The highest BCUT2D eigenvalue weighted by atomic mass is 32.2. The highest BCUT2D eigenvalue weighted by Crippen LogP contribution is 2.20. The van der Waals surface area contributed by atoms with Crippen LogP contribution in [0.15, 0.2) is 28.6 Å². The smallest absolute Gasteiger partial charge is 0.407 e. The van der Waals surface area contributed by atoms with E-state index in [9.17, 15) is 13.8 Å². The molecule has 0 aliphatic carbocycles. The maximum Gasteiger partial charge on any atom is 0.407 e. The predicted octanol–water partition coefficient (Wildman–Crippen LogP) is 2.36. The second-order valence-electron chi connectivity index (χ2n) is 5.67. The average molecular weight is 341 g/mol. The van der Waals surface area contributed by atoms with Gasteiger partial charge in [-0.05, 0) is 24.1 Å². The Labute approximate surface area is 137 Å². The largest absolute Gasteiger partial charge is 0.453 e. The lowest BCUT2D eigenvalue weighted by Gasteiger charge is -2.21. The minimum Gasteiger partial charge on any atom is -0.453 e. The summed E-state index contributed by atoms with van der Waals surface area (Å²) < 4.78 is 20.3. The first kappa shape index (κ1) is 19.0. The number of rotatable bonds is 5. The van der Waals surface area contributed by atoms with Gasteiger partial charge in [-0.3, -0.25) is 4.79 Å². The molecule has 8 heteroatoms. The predicted molar refractivity (Wildman–Crippen MR) is 91.3 cm³/mol. The molecule has 0 fully saturated rings. The molecular weight excluding hydrogens is 318 g/mol. The molecule has 0 heterocycles. The molecule has 0 aliphatic heterocycles. The Bertz CT molecular complexity index is 686. The van der Waals surface area contributed by atoms with Crippen molar-refractivity contribution in [2.24, 2.45) is 10.3 Å². The number of alkyl carbamates (subject to hydrolysis) is 1. The number of nitrogens with one attached hydrogen (secondary N) is 2. The van der Waals surface area contributed by atoms with Crippen molar-refractivity contribution >= 4 is 33.1 Å². The van der Waals surface area contributed by atoms with E-state index in [2.05, 4.69) is 19.7 Å². The molecule has 23 heavy (non-hydrogen) atoms. The minimum absolute atomic E-state index is 0.119. The summed E-state index contributed by atoms with van der Waals surface area (Å²) in [4.78, 5) is 23.7. The number of benzene rings is 1. The van der Waals surface area contributed by atoms with Crippen molar-refractivity contribution < 1.29 is 18.5 Å². The summed E-state index contributed by atoms with van der Waals surface area (Å²) in [5.41, 5.74) is 1.03. The van der Waals surface area contributed by atoms with E-state index in [-0.39, 0.29) is 11.8 Å². The summed E-state index contributed by atoms with van der Waals surface area (Å²) in [6, 6.07) is 6.00. The molecule has 1 rings (SSSR count). The molecule has 0 bridgehead atoms. The van der Waals surface area contributed by atoms with Crippen molar-refractivity contribution in [3.05, 3.63) is 24.3 Å². The van der Waals surface area contributed by atoms with Crippen molar-refractivity contribution in [2.45, 2.75) is 19.9 Å². The van der Waals surface area contributed by atoms with E-state index in [0.717, 1.165) is 0 Å². The van der Waals surface area contributed by atoms with Crippen LogP contribution in [-0.4, -0.2) is 41.9 Å². The monoisotopic (exact) mass is 341 g/mol. The highest BCUT2D eigenvalue weighted by Gasteiger charge is 2.24. The molecular formula is C15H23N3O4S. The molecule has 128 valence electrons. The van der Waals surface area contributed by atoms with E-state index in [0.29, 0.717) is 11.4 Å². The van der Waals surface area contributed by atoms with Crippen molar-refractivity contribution in [3.8, 4) is 0 Å². The Balaban J connectivity index is 2.93. The van der Waals surface area contributed by atoms with Gasteiger partial charge in [0.1, 0.15) is 6.04 Å². The van der Waals surface area contributed by atoms with Gasteiger partial charge in [-0.15, -0.1) is 0 Å². The standard InChI is InChI=1S/C15H23N3O4S/c1-10(2)13(17-15(20)22-3)14(19)16-11-7-6-8-12(9-11)18-23(4,5)21/h6-10,13H,1-5H3,(H,16,19)(H,17,20)/t13-/m0/s1. The van der Waals surface area contributed by atoms with Crippen molar-refractivity contribution in [1.29, 1.82) is 0 Å². The van der Waals surface area contributed by atoms with Gasteiger partial charge in [-0.25, -0.2) is 9.00 Å². The van der Waals surface area contributed by atoms with E-state index in [1.807, 2.05) is 13.8 Å². The van der Waals surface area contributed by atoms with Gasteiger partial charge < -0.3 is 15.4 Å². The third kappa shape index (κ3) is 6.68. The van der Waals surface area contributed by atoms with Crippen LogP contribution >= 0.6 is 0 Å². The lowest BCUT2D eigenvalue weighted by molar-refractivity contribution is -0.119. The molecule has 0 aliphatic rings.